The van der Waals surface area contributed by atoms with Crippen molar-refractivity contribution in [3.63, 3.8) is 0 Å². The number of hydrogen-bond acceptors (Lipinski definition) is 3. The summed E-state index contributed by atoms with van der Waals surface area (Å²) in [5.41, 5.74) is 14.9. The molecule has 6 aromatic carbocycles. The van der Waals surface area contributed by atoms with Crippen LogP contribution in [0.5, 0.6) is 0 Å². The van der Waals surface area contributed by atoms with E-state index in [0.29, 0.717) is 5.82 Å². The summed E-state index contributed by atoms with van der Waals surface area (Å²) in [4.78, 5) is 14.4. The molecule has 0 fully saturated rings. The van der Waals surface area contributed by atoms with E-state index < -0.39 is 0 Å². The maximum Gasteiger partial charge on any atom is 0.160 e. The lowest BCUT2D eigenvalue weighted by atomic mass is 9.81. The zero-order chi connectivity index (χ0) is 33.0. The van der Waals surface area contributed by atoms with Crippen molar-refractivity contribution in [3.05, 3.63) is 175 Å². The second-order valence-electron chi connectivity index (χ2n) is 13.3. The number of pyridine rings is 1. The molecule has 3 heteroatoms. The number of nitrogens with zero attached hydrogens (tertiary/aromatic N) is 3. The lowest BCUT2D eigenvalue weighted by Crippen LogP contribution is -2.15. The number of benzene rings is 6. The van der Waals surface area contributed by atoms with E-state index in [9.17, 15) is 0 Å². The molecule has 0 atom stereocenters. The largest absolute Gasteiger partial charge is 0.264 e. The van der Waals surface area contributed by atoms with Crippen LogP contribution in [0.1, 0.15) is 25.0 Å². The minimum atomic E-state index is -0.0773. The van der Waals surface area contributed by atoms with Gasteiger partial charge in [0.2, 0.25) is 0 Å². The summed E-state index contributed by atoms with van der Waals surface area (Å²) in [6, 6.07) is 53.9. The van der Waals surface area contributed by atoms with Crippen molar-refractivity contribution >= 4 is 10.8 Å². The highest BCUT2D eigenvalue weighted by Gasteiger charge is 2.36. The fraction of sp³-hybridized carbons (Fsp3) is 0.0652. The van der Waals surface area contributed by atoms with Gasteiger partial charge in [0, 0.05) is 34.5 Å². The summed E-state index contributed by atoms with van der Waals surface area (Å²) >= 11 is 0. The van der Waals surface area contributed by atoms with Crippen LogP contribution in [0.25, 0.3) is 78.1 Å². The van der Waals surface area contributed by atoms with E-state index in [4.69, 9.17) is 9.97 Å². The van der Waals surface area contributed by atoms with Gasteiger partial charge in [0.05, 0.1) is 11.4 Å². The molecule has 0 bridgehead atoms. The molecule has 0 N–H and O–H groups in total. The molecule has 49 heavy (non-hydrogen) atoms. The molecule has 1 aliphatic rings. The number of aromatic nitrogens is 3. The van der Waals surface area contributed by atoms with Crippen LogP contribution < -0.4 is 0 Å². The van der Waals surface area contributed by atoms with Crippen molar-refractivity contribution in [2.24, 2.45) is 0 Å². The average molecular weight is 628 g/mol. The van der Waals surface area contributed by atoms with Gasteiger partial charge in [0.15, 0.2) is 5.82 Å². The Labute approximate surface area is 286 Å². The molecule has 0 saturated carbocycles. The van der Waals surface area contributed by atoms with Crippen molar-refractivity contribution < 1.29 is 0 Å². The smallest absolute Gasteiger partial charge is 0.160 e. The topological polar surface area (TPSA) is 38.7 Å². The zero-order valence-electron chi connectivity index (χ0n) is 27.4. The maximum atomic E-state index is 5.09. The van der Waals surface area contributed by atoms with Gasteiger partial charge in [-0.15, -0.1) is 0 Å². The Hall–Kier alpha value is -6.19. The highest BCUT2D eigenvalue weighted by molar-refractivity contribution is 6.02. The standard InChI is InChI=1S/C46H33N3/c1-46(2)40-25-23-32-9-6-7-13-38(32)44(40)39-24-22-36(27-41(39)46)30-14-18-34(19-15-30)43-28-42(33-10-4-3-5-11-33)48-45(49-43)35-20-16-31(17-21-35)37-12-8-26-47-29-37/h3-29H,1-2H3. The summed E-state index contributed by atoms with van der Waals surface area (Å²) in [5.74, 6) is 0.700. The molecule has 232 valence electrons. The van der Waals surface area contributed by atoms with Gasteiger partial charge in [-0.1, -0.05) is 147 Å². The van der Waals surface area contributed by atoms with E-state index in [2.05, 4.69) is 146 Å². The van der Waals surface area contributed by atoms with Crippen LogP contribution in [0.4, 0.5) is 0 Å². The van der Waals surface area contributed by atoms with Crippen LogP contribution in [-0.4, -0.2) is 15.0 Å². The Balaban J connectivity index is 1.08. The van der Waals surface area contributed by atoms with E-state index in [-0.39, 0.29) is 5.41 Å². The van der Waals surface area contributed by atoms with Gasteiger partial charge < -0.3 is 0 Å². The molecule has 2 heterocycles. The fourth-order valence-electron chi connectivity index (χ4n) is 7.35. The van der Waals surface area contributed by atoms with Crippen LogP contribution in [0.2, 0.25) is 0 Å². The third-order valence-electron chi connectivity index (χ3n) is 10.0. The Morgan fingerprint density at radius 3 is 1.80 bits per heavy atom. The van der Waals surface area contributed by atoms with E-state index in [1.165, 1.54) is 44.2 Å². The first-order valence-electron chi connectivity index (χ1n) is 16.8. The molecule has 1 aliphatic carbocycles. The normalized spacial score (nSPS) is 12.9. The van der Waals surface area contributed by atoms with Crippen molar-refractivity contribution in [1.29, 1.82) is 0 Å². The monoisotopic (exact) mass is 627 g/mol. The summed E-state index contributed by atoms with van der Waals surface area (Å²) in [6.45, 7) is 4.70. The highest BCUT2D eigenvalue weighted by Crippen LogP contribution is 2.52. The van der Waals surface area contributed by atoms with Crippen LogP contribution in [0.15, 0.2) is 164 Å². The van der Waals surface area contributed by atoms with Gasteiger partial charge >= 0.3 is 0 Å². The third-order valence-corrected chi connectivity index (χ3v) is 10.0. The quantitative estimate of drug-likeness (QED) is 0.191. The van der Waals surface area contributed by atoms with E-state index in [1.54, 1.807) is 6.20 Å². The number of fused-ring (bicyclic) bond motifs is 5. The molecule has 0 amide bonds. The molecule has 8 aromatic rings. The Bertz CT molecular complexity index is 2480. The van der Waals surface area contributed by atoms with Gasteiger partial charge in [0.25, 0.3) is 0 Å². The van der Waals surface area contributed by atoms with Crippen LogP contribution in [-0.2, 0) is 5.41 Å². The first kappa shape index (κ1) is 29.0. The van der Waals surface area contributed by atoms with Crippen LogP contribution in [0.3, 0.4) is 0 Å². The number of hydrogen-bond donors (Lipinski definition) is 0. The van der Waals surface area contributed by atoms with Gasteiger partial charge in [0.1, 0.15) is 0 Å². The van der Waals surface area contributed by atoms with Gasteiger partial charge in [-0.05, 0) is 73.5 Å². The van der Waals surface area contributed by atoms with Crippen LogP contribution >= 0.6 is 0 Å². The molecule has 0 radical (unpaired) electrons. The Kier molecular flexibility index (Phi) is 6.80. The second kappa shape index (κ2) is 11.5. The third kappa shape index (κ3) is 5.03. The summed E-state index contributed by atoms with van der Waals surface area (Å²) in [5, 5.41) is 2.61. The van der Waals surface area contributed by atoms with Gasteiger partial charge in [-0.3, -0.25) is 4.98 Å². The summed E-state index contributed by atoms with van der Waals surface area (Å²) < 4.78 is 0. The van der Waals surface area contributed by atoms with Crippen molar-refractivity contribution in [2.45, 2.75) is 19.3 Å². The van der Waals surface area contributed by atoms with E-state index >= 15 is 0 Å². The molecule has 9 rings (SSSR count). The van der Waals surface area contributed by atoms with Crippen molar-refractivity contribution in [3.8, 4) is 67.3 Å². The van der Waals surface area contributed by atoms with Crippen molar-refractivity contribution in [2.75, 3.05) is 0 Å². The van der Waals surface area contributed by atoms with E-state index in [1.807, 2.05) is 30.5 Å². The van der Waals surface area contributed by atoms with Gasteiger partial charge in [-0.2, -0.15) is 0 Å². The fourth-order valence-corrected chi connectivity index (χ4v) is 7.35. The highest BCUT2D eigenvalue weighted by atomic mass is 14.9. The predicted octanol–water partition coefficient (Wildman–Crippen LogP) is 11.7. The zero-order valence-corrected chi connectivity index (χ0v) is 27.4. The second-order valence-corrected chi connectivity index (χ2v) is 13.3. The average Bonchev–Trinajstić information content (AvgIpc) is 3.41. The molecule has 3 nitrogen and oxygen atoms in total. The van der Waals surface area contributed by atoms with E-state index in [0.717, 1.165) is 39.2 Å². The van der Waals surface area contributed by atoms with Gasteiger partial charge in [-0.25, -0.2) is 9.97 Å². The lowest BCUT2D eigenvalue weighted by Gasteiger charge is -2.22. The number of rotatable bonds is 5. The lowest BCUT2D eigenvalue weighted by molar-refractivity contribution is 0.661. The Morgan fingerprint density at radius 2 is 1.06 bits per heavy atom. The van der Waals surface area contributed by atoms with Crippen LogP contribution in [0, 0.1) is 0 Å². The molecular formula is C46H33N3. The molecule has 0 aliphatic heterocycles. The molecule has 2 aromatic heterocycles. The Morgan fingerprint density at radius 1 is 0.449 bits per heavy atom. The SMILES string of the molecule is CC1(C)c2cc(-c3ccc(-c4cc(-c5ccccc5)nc(-c5ccc(-c6cccnc6)cc5)n4)cc3)ccc2-c2c1ccc1ccccc21. The maximum absolute atomic E-state index is 5.09. The minimum absolute atomic E-state index is 0.0773. The molecular weight excluding hydrogens is 595 g/mol. The summed E-state index contributed by atoms with van der Waals surface area (Å²) in [6.07, 6.45) is 3.68. The minimum Gasteiger partial charge on any atom is -0.264 e. The first-order chi connectivity index (χ1) is 24.0. The summed E-state index contributed by atoms with van der Waals surface area (Å²) in [7, 11) is 0. The van der Waals surface area contributed by atoms with Crippen molar-refractivity contribution in [1.82, 2.24) is 15.0 Å². The first-order valence-corrected chi connectivity index (χ1v) is 16.8. The predicted molar refractivity (Wildman–Crippen MR) is 202 cm³/mol. The molecule has 0 saturated heterocycles. The molecule has 0 unspecified atom stereocenters. The molecule has 0 spiro atoms.